The van der Waals surface area contributed by atoms with E-state index < -0.39 is 23.3 Å². The molecule has 0 heterocycles. The Bertz CT molecular complexity index is 467. The Morgan fingerprint density at radius 3 is 2.22 bits per heavy atom. The minimum atomic E-state index is -1.27. The van der Waals surface area contributed by atoms with Crippen molar-refractivity contribution in [1.29, 1.82) is 0 Å². The fourth-order valence-corrected chi connectivity index (χ4v) is 2.72. The molecule has 160 valence electrons. The van der Waals surface area contributed by atoms with E-state index in [-0.39, 0.29) is 24.5 Å². The number of hydrogen-bond donors (Lipinski definition) is 2. The molecular formula is C20H39FN2O4. The predicted octanol–water partition coefficient (Wildman–Crippen LogP) is 3.51. The minimum Gasteiger partial charge on any atom is -0.376 e. The van der Waals surface area contributed by atoms with Gasteiger partial charge < -0.3 is 15.6 Å². The van der Waals surface area contributed by atoms with Gasteiger partial charge in [-0.1, -0.05) is 13.8 Å². The second kappa shape index (κ2) is 11.7. The molecule has 0 rings (SSSR count). The Hall–Kier alpha value is -1.05. The first-order valence-electron chi connectivity index (χ1n) is 9.86. The largest absolute Gasteiger partial charge is 0.376 e. The summed E-state index contributed by atoms with van der Waals surface area (Å²) < 4.78 is 20.3. The monoisotopic (exact) mass is 390 g/mol. The number of nitrogens with two attached hydrogens (primary N) is 1. The first-order chi connectivity index (χ1) is 12.3. The average Bonchev–Trinajstić information content (AvgIpc) is 2.55. The van der Waals surface area contributed by atoms with E-state index in [0.717, 1.165) is 0 Å². The Labute approximate surface area is 163 Å². The summed E-state index contributed by atoms with van der Waals surface area (Å²) in [6.07, 6.45) is 1.63. The van der Waals surface area contributed by atoms with Gasteiger partial charge in [-0.2, -0.15) is 0 Å². The van der Waals surface area contributed by atoms with E-state index in [9.17, 15) is 19.2 Å². The van der Waals surface area contributed by atoms with Crippen molar-refractivity contribution in [2.45, 2.75) is 104 Å². The van der Waals surface area contributed by atoms with Gasteiger partial charge in [0.15, 0.2) is 0 Å². The molecule has 27 heavy (non-hydrogen) atoms. The van der Waals surface area contributed by atoms with Gasteiger partial charge in [0.05, 0.1) is 5.60 Å². The van der Waals surface area contributed by atoms with E-state index in [4.69, 9.17) is 10.5 Å². The molecular weight excluding hydrogens is 351 g/mol. The molecule has 0 radical (unpaired) electrons. The normalized spacial score (nSPS) is 14.0. The van der Waals surface area contributed by atoms with Crippen LogP contribution in [-0.2, 0) is 14.3 Å². The van der Waals surface area contributed by atoms with Crippen molar-refractivity contribution in [3.05, 3.63) is 0 Å². The Kier molecular flexibility index (Phi) is 11.3. The molecule has 6 nitrogen and oxygen atoms in total. The summed E-state index contributed by atoms with van der Waals surface area (Å²) in [6, 6.07) is 0. The molecule has 0 bridgehead atoms. The van der Waals surface area contributed by atoms with Crippen LogP contribution in [0.1, 0.15) is 86.5 Å². The summed E-state index contributed by atoms with van der Waals surface area (Å²) in [5.74, 6) is -0.195. The van der Waals surface area contributed by atoms with Crippen LogP contribution in [0.15, 0.2) is 0 Å². The molecule has 0 aromatic rings. The van der Waals surface area contributed by atoms with E-state index >= 15 is 0 Å². The highest BCUT2D eigenvalue weighted by Gasteiger charge is 2.32. The van der Waals surface area contributed by atoms with Crippen molar-refractivity contribution >= 4 is 11.7 Å². The highest BCUT2D eigenvalue weighted by Crippen LogP contribution is 2.26. The van der Waals surface area contributed by atoms with Gasteiger partial charge in [-0.05, 0) is 59.8 Å². The third-order valence-electron chi connectivity index (χ3n) is 4.77. The SMILES string of the molecule is CC(C)C(=O)CCC(C)(C)OCCCC(C)(C)N(F)C(O)CCCC(N)=O. The number of carbonyl (C=O) groups excluding carboxylic acids is 2. The number of ether oxygens (including phenoxy) is 1. The van der Waals surface area contributed by atoms with Crippen LogP contribution in [0.25, 0.3) is 0 Å². The zero-order valence-electron chi connectivity index (χ0n) is 17.9. The number of carbonyl (C=O) groups is 2. The topological polar surface area (TPSA) is 92.9 Å². The van der Waals surface area contributed by atoms with E-state index in [0.29, 0.717) is 43.8 Å². The third kappa shape index (κ3) is 11.4. The molecule has 0 aliphatic carbocycles. The quantitative estimate of drug-likeness (QED) is 0.254. The van der Waals surface area contributed by atoms with Gasteiger partial charge in [-0.25, -0.2) is 0 Å². The molecule has 1 atom stereocenters. The number of primary amides is 1. The molecule has 3 N–H and O–H groups in total. The van der Waals surface area contributed by atoms with Gasteiger partial charge in [0.2, 0.25) is 5.91 Å². The number of nitrogens with zero attached hydrogens (tertiary/aromatic N) is 1. The fraction of sp³-hybridized carbons (Fsp3) is 0.900. The van der Waals surface area contributed by atoms with Gasteiger partial charge in [0.25, 0.3) is 0 Å². The summed E-state index contributed by atoms with van der Waals surface area (Å²) in [4.78, 5) is 22.5. The van der Waals surface area contributed by atoms with Crippen molar-refractivity contribution in [2.75, 3.05) is 6.61 Å². The standard InChI is InChI=1S/C20H39FN2O4/c1-15(2)16(24)11-13-20(5,6)27-14-8-12-19(3,4)23(21)18(26)10-7-9-17(22)25/h15,18,26H,7-14H2,1-6H3,(H2,22,25). The van der Waals surface area contributed by atoms with E-state index in [1.54, 1.807) is 13.8 Å². The van der Waals surface area contributed by atoms with Crippen LogP contribution in [-0.4, -0.2) is 45.9 Å². The number of ketones is 1. The van der Waals surface area contributed by atoms with Crippen LogP contribution >= 0.6 is 0 Å². The first-order valence-corrected chi connectivity index (χ1v) is 9.86. The maximum absolute atomic E-state index is 14.4. The van der Waals surface area contributed by atoms with Crippen LogP contribution in [0.3, 0.4) is 0 Å². The highest BCUT2D eigenvalue weighted by molar-refractivity contribution is 5.80. The number of amides is 1. The van der Waals surface area contributed by atoms with Gasteiger partial charge in [-0.15, -0.1) is 9.60 Å². The molecule has 0 aromatic heterocycles. The number of halogens is 1. The van der Waals surface area contributed by atoms with Gasteiger partial charge >= 0.3 is 0 Å². The third-order valence-corrected chi connectivity index (χ3v) is 4.77. The Morgan fingerprint density at radius 2 is 1.70 bits per heavy atom. The molecule has 0 spiro atoms. The maximum Gasteiger partial charge on any atom is 0.217 e. The van der Waals surface area contributed by atoms with Crippen molar-refractivity contribution in [1.82, 2.24) is 5.12 Å². The van der Waals surface area contributed by atoms with Gasteiger partial charge in [-0.3, -0.25) is 9.59 Å². The zero-order valence-corrected chi connectivity index (χ0v) is 17.9. The summed E-state index contributed by atoms with van der Waals surface area (Å²) >= 11 is 0. The molecule has 0 fully saturated rings. The average molecular weight is 391 g/mol. The van der Waals surface area contributed by atoms with Crippen molar-refractivity contribution in [3.8, 4) is 0 Å². The molecule has 1 unspecified atom stereocenters. The maximum atomic E-state index is 14.4. The van der Waals surface area contributed by atoms with Crippen LogP contribution in [0.2, 0.25) is 0 Å². The molecule has 0 saturated carbocycles. The van der Waals surface area contributed by atoms with Gasteiger partial charge in [0, 0.05) is 30.9 Å². The van der Waals surface area contributed by atoms with Gasteiger partial charge in [0.1, 0.15) is 12.0 Å². The van der Waals surface area contributed by atoms with Crippen molar-refractivity contribution in [3.63, 3.8) is 0 Å². The summed E-state index contributed by atoms with van der Waals surface area (Å²) in [6.45, 7) is 11.6. The lowest BCUT2D eigenvalue weighted by Crippen LogP contribution is -2.45. The second-order valence-corrected chi connectivity index (χ2v) is 8.80. The summed E-state index contributed by atoms with van der Waals surface area (Å²) in [5, 5.41) is 10.4. The molecule has 1 amide bonds. The number of rotatable bonds is 15. The lowest BCUT2D eigenvalue weighted by molar-refractivity contribution is -0.187. The highest BCUT2D eigenvalue weighted by atomic mass is 19.2. The lowest BCUT2D eigenvalue weighted by atomic mass is 9.95. The number of aliphatic hydroxyl groups is 1. The van der Waals surface area contributed by atoms with E-state index in [2.05, 4.69) is 0 Å². The second-order valence-electron chi connectivity index (χ2n) is 8.80. The summed E-state index contributed by atoms with van der Waals surface area (Å²) in [7, 11) is 0. The molecule has 0 aliphatic rings. The minimum absolute atomic E-state index is 0.0338. The Morgan fingerprint density at radius 1 is 1.11 bits per heavy atom. The molecule has 0 aliphatic heterocycles. The van der Waals surface area contributed by atoms with E-state index in [1.165, 1.54) is 0 Å². The smallest absolute Gasteiger partial charge is 0.217 e. The number of Topliss-reactive ketones (excluding diaryl/α,β-unsaturated/α-hetero) is 1. The zero-order chi connectivity index (χ0) is 21.3. The Balaban J connectivity index is 4.24. The predicted molar refractivity (Wildman–Crippen MR) is 104 cm³/mol. The van der Waals surface area contributed by atoms with E-state index in [1.807, 2.05) is 27.7 Å². The summed E-state index contributed by atoms with van der Waals surface area (Å²) in [5.41, 5.74) is 3.79. The fourth-order valence-electron chi connectivity index (χ4n) is 2.72. The van der Waals surface area contributed by atoms with Crippen LogP contribution in [0.4, 0.5) is 4.48 Å². The molecule has 7 heteroatoms. The lowest BCUT2D eigenvalue weighted by Gasteiger charge is -2.35. The number of hydrogen-bond acceptors (Lipinski definition) is 5. The van der Waals surface area contributed by atoms with Crippen molar-refractivity contribution in [2.24, 2.45) is 11.7 Å². The number of aliphatic hydroxyl groups excluding tert-OH is 1. The van der Waals surface area contributed by atoms with Crippen molar-refractivity contribution < 1.29 is 23.9 Å². The van der Waals surface area contributed by atoms with Crippen LogP contribution in [0.5, 0.6) is 0 Å². The van der Waals surface area contributed by atoms with Crippen LogP contribution in [0, 0.1) is 5.92 Å². The van der Waals surface area contributed by atoms with Crippen LogP contribution < -0.4 is 5.73 Å². The molecule has 0 saturated heterocycles. The molecule has 0 aromatic carbocycles. The first kappa shape index (κ1) is 26.0.